The zero-order valence-electron chi connectivity index (χ0n) is 9.06. The van der Waals surface area contributed by atoms with Crippen molar-refractivity contribution in [2.45, 2.75) is 18.9 Å². The first-order valence-corrected chi connectivity index (χ1v) is 6.32. The van der Waals surface area contributed by atoms with Crippen molar-refractivity contribution in [1.29, 1.82) is 0 Å². The molecule has 0 aliphatic carbocycles. The molecule has 2 aromatic heterocycles. The lowest BCUT2D eigenvalue weighted by atomic mass is 10.2. The maximum atomic E-state index is 5.27. The summed E-state index contributed by atoms with van der Waals surface area (Å²) in [7, 11) is 0. The van der Waals surface area contributed by atoms with Crippen molar-refractivity contribution in [3.05, 3.63) is 28.7 Å². The number of halogens is 1. The van der Waals surface area contributed by atoms with E-state index in [1.54, 1.807) is 6.20 Å². The van der Waals surface area contributed by atoms with Gasteiger partial charge in [0.15, 0.2) is 0 Å². The van der Waals surface area contributed by atoms with Crippen molar-refractivity contribution in [2.24, 2.45) is 0 Å². The maximum Gasteiger partial charge on any atom is 0.244 e. The second-order valence-electron chi connectivity index (χ2n) is 3.94. The number of nitrogens with zero attached hydrogens (tertiary/aromatic N) is 3. The average Bonchev–Trinajstić information content (AvgIpc) is 3.00. The van der Waals surface area contributed by atoms with E-state index in [4.69, 9.17) is 4.52 Å². The molecule has 0 radical (unpaired) electrons. The molecule has 1 atom stereocenters. The highest BCUT2D eigenvalue weighted by atomic mass is 79.9. The molecule has 17 heavy (non-hydrogen) atoms. The summed E-state index contributed by atoms with van der Waals surface area (Å²) >= 11 is 3.43. The van der Waals surface area contributed by atoms with Gasteiger partial charge in [-0.1, -0.05) is 5.16 Å². The summed E-state index contributed by atoms with van der Waals surface area (Å²) in [6.07, 6.45) is 3.91. The summed E-state index contributed by atoms with van der Waals surface area (Å²) in [6, 6.07) is 3.96. The Morgan fingerprint density at radius 2 is 2.41 bits per heavy atom. The Balaban J connectivity index is 1.92. The Labute approximate surface area is 107 Å². The zero-order valence-corrected chi connectivity index (χ0v) is 10.6. The number of hydrogen-bond donors (Lipinski definition) is 1. The van der Waals surface area contributed by atoms with E-state index in [-0.39, 0.29) is 6.04 Å². The Bertz CT molecular complexity index is 522. The molecule has 1 aliphatic heterocycles. The fourth-order valence-electron chi connectivity index (χ4n) is 1.92. The maximum absolute atomic E-state index is 5.27. The smallest absolute Gasteiger partial charge is 0.244 e. The Morgan fingerprint density at radius 3 is 3.18 bits per heavy atom. The third-order valence-corrected chi connectivity index (χ3v) is 3.41. The van der Waals surface area contributed by atoms with Gasteiger partial charge in [0.25, 0.3) is 0 Å². The zero-order chi connectivity index (χ0) is 11.7. The molecule has 3 rings (SSSR count). The average molecular weight is 295 g/mol. The topological polar surface area (TPSA) is 63.8 Å². The molecule has 1 saturated heterocycles. The van der Waals surface area contributed by atoms with Gasteiger partial charge in [-0.25, -0.2) is 0 Å². The van der Waals surface area contributed by atoms with Gasteiger partial charge in [0.1, 0.15) is 5.69 Å². The lowest BCUT2D eigenvalue weighted by Crippen LogP contribution is -2.12. The van der Waals surface area contributed by atoms with Gasteiger partial charge in [0.05, 0.1) is 6.04 Å². The first-order valence-electron chi connectivity index (χ1n) is 5.52. The van der Waals surface area contributed by atoms with Crippen LogP contribution in [0.3, 0.4) is 0 Å². The van der Waals surface area contributed by atoms with Gasteiger partial charge in [-0.05, 0) is 47.4 Å². The number of nitrogens with one attached hydrogen (secondary N) is 1. The molecule has 88 valence electrons. The summed E-state index contributed by atoms with van der Waals surface area (Å²) in [5, 5.41) is 7.30. The van der Waals surface area contributed by atoms with Crippen molar-refractivity contribution < 1.29 is 4.52 Å². The molecule has 1 N–H and O–H groups in total. The van der Waals surface area contributed by atoms with Gasteiger partial charge in [0, 0.05) is 10.7 Å². The quantitative estimate of drug-likeness (QED) is 0.921. The van der Waals surface area contributed by atoms with Crippen LogP contribution in [0.25, 0.3) is 11.5 Å². The molecule has 1 fully saturated rings. The molecule has 0 spiro atoms. The SMILES string of the molecule is Brc1cccnc1-c1noc([C@@H]2CCCN2)n1. The molecule has 0 aromatic carbocycles. The minimum Gasteiger partial charge on any atom is -0.337 e. The Morgan fingerprint density at radius 1 is 1.47 bits per heavy atom. The molecule has 6 heteroatoms. The van der Waals surface area contributed by atoms with E-state index < -0.39 is 0 Å². The van der Waals surface area contributed by atoms with Gasteiger partial charge < -0.3 is 9.84 Å². The van der Waals surface area contributed by atoms with Crippen LogP contribution in [-0.2, 0) is 0 Å². The van der Waals surface area contributed by atoms with E-state index in [0.717, 1.165) is 23.9 Å². The lowest BCUT2D eigenvalue weighted by Gasteiger charge is -2.01. The first-order chi connectivity index (χ1) is 8.34. The minimum absolute atomic E-state index is 0.193. The van der Waals surface area contributed by atoms with Crippen molar-refractivity contribution in [2.75, 3.05) is 6.54 Å². The molecule has 0 saturated carbocycles. The molecule has 3 heterocycles. The van der Waals surface area contributed by atoms with Gasteiger partial charge in [0.2, 0.25) is 11.7 Å². The van der Waals surface area contributed by atoms with E-state index in [1.165, 1.54) is 0 Å². The minimum atomic E-state index is 0.193. The van der Waals surface area contributed by atoms with Crippen LogP contribution in [-0.4, -0.2) is 21.7 Å². The van der Waals surface area contributed by atoms with Gasteiger partial charge in [-0.3, -0.25) is 4.98 Å². The largest absolute Gasteiger partial charge is 0.337 e. The molecule has 5 nitrogen and oxygen atoms in total. The fraction of sp³-hybridized carbons (Fsp3) is 0.364. The van der Waals surface area contributed by atoms with Crippen LogP contribution >= 0.6 is 15.9 Å². The second-order valence-corrected chi connectivity index (χ2v) is 4.79. The van der Waals surface area contributed by atoms with Crippen LogP contribution in [0.4, 0.5) is 0 Å². The highest BCUT2D eigenvalue weighted by Crippen LogP contribution is 2.26. The number of aromatic nitrogens is 3. The summed E-state index contributed by atoms with van der Waals surface area (Å²) in [4.78, 5) is 8.63. The van der Waals surface area contributed by atoms with E-state index in [2.05, 4.69) is 36.4 Å². The predicted octanol–water partition coefficient (Wildman–Crippen LogP) is 2.32. The third-order valence-electron chi connectivity index (χ3n) is 2.77. The van der Waals surface area contributed by atoms with Crippen molar-refractivity contribution in [1.82, 2.24) is 20.4 Å². The van der Waals surface area contributed by atoms with Gasteiger partial charge in [-0.2, -0.15) is 4.98 Å². The number of hydrogen-bond acceptors (Lipinski definition) is 5. The summed E-state index contributed by atoms with van der Waals surface area (Å²) < 4.78 is 6.14. The third kappa shape index (κ3) is 2.10. The fourth-order valence-corrected chi connectivity index (χ4v) is 2.35. The Hall–Kier alpha value is -1.27. The molecule has 2 aromatic rings. The molecular weight excluding hydrogens is 284 g/mol. The molecule has 0 unspecified atom stereocenters. The van der Waals surface area contributed by atoms with Crippen molar-refractivity contribution in [3.8, 4) is 11.5 Å². The van der Waals surface area contributed by atoms with Crippen LogP contribution in [0.2, 0.25) is 0 Å². The van der Waals surface area contributed by atoms with Gasteiger partial charge in [-0.15, -0.1) is 0 Å². The lowest BCUT2D eigenvalue weighted by molar-refractivity contribution is 0.345. The van der Waals surface area contributed by atoms with E-state index >= 15 is 0 Å². The summed E-state index contributed by atoms with van der Waals surface area (Å²) in [5.74, 6) is 1.18. The molecule has 0 amide bonds. The van der Waals surface area contributed by atoms with Crippen LogP contribution in [0.1, 0.15) is 24.8 Å². The highest BCUT2D eigenvalue weighted by Gasteiger charge is 2.23. The number of pyridine rings is 1. The van der Waals surface area contributed by atoms with E-state index in [1.807, 2.05) is 12.1 Å². The van der Waals surface area contributed by atoms with Crippen LogP contribution in [0.5, 0.6) is 0 Å². The monoisotopic (exact) mass is 294 g/mol. The van der Waals surface area contributed by atoms with E-state index in [0.29, 0.717) is 17.4 Å². The van der Waals surface area contributed by atoms with Crippen molar-refractivity contribution in [3.63, 3.8) is 0 Å². The van der Waals surface area contributed by atoms with Crippen LogP contribution in [0, 0.1) is 0 Å². The molecular formula is C11H11BrN4O. The molecule has 0 bridgehead atoms. The second kappa shape index (κ2) is 4.54. The standard InChI is InChI=1S/C11H11BrN4O/c12-7-3-1-6-14-9(7)10-15-11(17-16-10)8-4-2-5-13-8/h1,3,6,8,13H,2,4-5H2/t8-/m0/s1. The van der Waals surface area contributed by atoms with Crippen LogP contribution in [0.15, 0.2) is 27.3 Å². The summed E-state index contributed by atoms with van der Waals surface area (Å²) in [6.45, 7) is 1.01. The first kappa shape index (κ1) is 10.9. The predicted molar refractivity (Wildman–Crippen MR) is 65.2 cm³/mol. The van der Waals surface area contributed by atoms with Crippen LogP contribution < -0.4 is 5.32 Å². The number of rotatable bonds is 2. The molecule has 1 aliphatic rings. The Kier molecular flexibility index (Phi) is 2.90. The van der Waals surface area contributed by atoms with Crippen molar-refractivity contribution >= 4 is 15.9 Å². The normalized spacial score (nSPS) is 19.7. The summed E-state index contributed by atoms with van der Waals surface area (Å²) in [5.41, 5.74) is 0.709. The van der Waals surface area contributed by atoms with E-state index in [9.17, 15) is 0 Å². The highest BCUT2D eigenvalue weighted by molar-refractivity contribution is 9.10. The van der Waals surface area contributed by atoms with Gasteiger partial charge >= 0.3 is 0 Å².